The maximum atomic E-state index is 14.5. The fourth-order valence-electron chi connectivity index (χ4n) is 4.42. The molecular formula is C30H34Cl2FN3O4S. The molecule has 1 N–H and O–H groups in total. The Morgan fingerprint density at radius 2 is 1.54 bits per heavy atom. The number of nitrogens with zero attached hydrogens (tertiary/aromatic N) is 2. The first-order valence-corrected chi connectivity index (χ1v) is 15.8. The van der Waals surface area contributed by atoms with Crippen LogP contribution in [0.2, 0.25) is 10.0 Å². The molecule has 0 heterocycles. The van der Waals surface area contributed by atoms with Gasteiger partial charge in [-0.1, -0.05) is 71.7 Å². The van der Waals surface area contributed by atoms with Crippen molar-refractivity contribution < 1.29 is 22.4 Å². The summed E-state index contributed by atoms with van der Waals surface area (Å²) in [6, 6.07) is 18.8. The van der Waals surface area contributed by atoms with Crippen LogP contribution in [-0.4, -0.2) is 50.0 Å². The molecule has 0 saturated carbocycles. The van der Waals surface area contributed by atoms with Gasteiger partial charge in [0.2, 0.25) is 21.8 Å². The van der Waals surface area contributed by atoms with Crippen molar-refractivity contribution in [1.82, 2.24) is 10.2 Å². The summed E-state index contributed by atoms with van der Waals surface area (Å²) >= 11 is 12.9. The van der Waals surface area contributed by atoms with E-state index >= 15 is 0 Å². The molecule has 41 heavy (non-hydrogen) atoms. The van der Waals surface area contributed by atoms with E-state index in [1.54, 1.807) is 24.3 Å². The molecule has 1 atom stereocenters. The van der Waals surface area contributed by atoms with Crippen molar-refractivity contribution in [2.45, 2.75) is 51.7 Å². The van der Waals surface area contributed by atoms with Gasteiger partial charge in [0.05, 0.1) is 11.9 Å². The Balaban J connectivity index is 1.93. The Hall–Kier alpha value is -3.14. The van der Waals surface area contributed by atoms with E-state index in [9.17, 15) is 22.4 Å². The Kier molecular flexibility index (Phi) is 11.6. The quantitative estimate of drug-likeness (QED) is 0.260. The first kappa shape index (κ1) is 32.4. The van der Waals surface area contributed by atoms with E-state index in [0.29, 0.717) is 15.6 Å². The molecule has 0 aliphatic rings. The van der Waals surface area contributed by atoms with Gasteiger partial charge in [-0.05, 0) is 50.1 Å². The fourth-order valence-corrected chi connectivity index (χ4v) is 5.91. The van der Waals surface area contributed by atoms with Crippen molar-refractivity contribution in [2.75, 3.05) is 17.1 Å². The standard InChI is InChI=1S/C30H34Cl2FN3O4S/c1-21(2)34-30(38)28(19-22-11-5-4-6-12-22)35(20-23-24(31)13-9-14-25(23)32)29(37)17-10-18-36(41(3,39)40)27-16-8-7-15-26(27)33/h4-9,11-16,21,28H,10,17-20H2,1-3H3,(H,34,38)/t28-/m1/s1. The Morgan fingerprint density at radius 1 is 0.927 bits per heavy atom. The van der Waals surface area contributed by atoms with Crippen LogP contribution >= 0.6 is 23.2 Å². The number of sulfonamides is 1. The van der Waals surface area contributed by atoms with Gasteiger partial charge in [0.25, 0.3) is 0 Å². The molecule has 0 saturated heterocycles. The lowest BCUT2D eigenvalue weighted by atomic mass is 10.0. The van der Waals surface area contributed by atoms with Gasteiger partial charge in [0.1, 0.15) is 11.9 Å². The minimum Gasteiger partial charge on any atom is -0.352 e. The van der Waals surface area contributed by atoms with Crippen LogP contribution in [0.5, 0.6) is 0 Å². The number of hydrogen-bond donors (Lipinski definition) is 1. The summed E-state index contributed by atoms with van der Waals surface area (Å²) in [4.78, 5) is 28.8. The van der Waals surface area contributed by atoms with E-state index in [1.807, 2.05) is 44.2 Å². The second kappa shape index (κ2) is 14.7. The average molecular weight is 623 g/mol. The minimum absolute atomic E-state index is 0.0382. The van der Waals surface area contributed by atoms with E-state index in [-0.39, 0.29) is 50.0 Å². The van der Waals surface area contributed by atoms with Crippen LogP contribution in [0.4, 0.5) is 10.1 Å². The molecule has 2 amide bonds. The molecule has 0 fully saturated rings. The maximum Gasteiger partial charge on any atom is 0.243 e. The zero-order chi connectivity index (χ0) is 30.2. The number of hydrogen-bond acceptors (Lipinski definition) is 4. The molecule has 0 aliphatic heterocycles. The molecule has 0 bridgehead atoms. The van der Waals surface area contributed by atoms with Gasteiger partial charge in [-0.25, -0.2) is 12.8 Å². The average Bonchev–Trinajstić information content (AvgIpc) is 2.90. The number of nitrogens with one attached hydrogen (secondary N) is 1. The van der Waals surface area contributed by atoms with Crippen LogP contribution in [-0.2, 0) is 32.6 Å². The number of carbonyl (C=O) groups is 2. The highest BCUT2D eigenvalue weighted by atomic mass is 35.5. The van der Waals surface area contributed by atoms with Crippen molar-refractivity contribution in [3.05, 3.63) is 99.8 Å². The van der Waals surface area contributed by atoms with Gasteiger partial charge in [0.15, 0.2) is 0 Å². The highest BCUT2D eigenvalue weighted by Crippen LogP contribution is 2.28. The van der Waals surface area contributed by atoms with Gasteiger partial charge in [-0.2, -0.15) is 0 Å². The highest BCUT2D eigenvalue weighted by Gasteiger charge is 2.32. The molecule has 0 aromatic heterocycles. The predicted molar refractivity (Wildman–Crippen MR) is 162 cm³/mol. The van der Waals surface area contributed by atoms with Gasteiger partial charge in [0, 0.05) is 47.6 Å². The van der Waals surface area contributed by atoms with E-state index in [0.717, 1.165) is 16.1 Å². The first-order valence-electron chi connectivity index (χ1n) is 13.2. The second-order valence-corrected chi connectivity index (χ2v) is 12.7. The predicted octanol–water partition coefficient (Wildman–Crippen LogP) is 5.84. The van der Waals surface area contributed by atoms with Crippen LogP contribution < -0.4 is 9.62 Å². The summed E-state index contributed by atoms with van der Waals surface area (Å²) in [5.41, 5.74) is 1.24. The van der Waals surface area contributed by atoms with Gasteiger partial charge < -0.3 is 10.2 Å². The van der Waals surface area contributed by atoms with Crippen LogP contribution in [0.3, 0.4) is 0 Å². The molecule has 220 valence electrons. The van der Waals surface area contributed by atoms with E-state index in [4.69, 9.17) is 23.2 Å². The maximum absolute atomic E-state index is 14.5. The third-order valence-corrected chi connectivity index (χ3v) is 8.25. The normalized spacial score (nSPS) is 12.2. The molecule has 3 aromatic rings. The van der Waals surface area contributed by atoms with Crippen LogP contribution in [0.25, 0.3) is 0 Å². The van der Waals surface area contributed by atoms with Gasteiger partial charge in [-0.15, -0.1) is 0 Å². The lowest BCUT2D eigenvalue weighted by Crippen LogP contribution is -2.52. The summed E-state index contributed by atoms with van der Waals surface area (Å²) in [6.45, 7) is 3.49. The molecule has 0 unspecified atom stereocenters. The fraction of sp³-hybridized carbons (Fsp3) is 0.333. The summed E-state index contributed by atoms with van der Waals surface area (Å²) < 4.78 is 40.4. The summed E-state index contributed by atoms with van der Waals surface area (Å²) in [6.07, 6.45) is 1.19. The zero-order valence-corrected chi connectivity index (χ0v) is 25.5. The largest absolute Gasteiger partial charge is 0.352 e. The molecule has 0 spiro atoms. The van der Waals surface area contributed by atoms with Crippen molar-refractivity contribution in [3.8, 4) is 0 Å². The molecule has 3 aromatic carbocycles. The molecular weight excluding hydrogens is 588 g/mol. The van der Waals surface area contributed by atoms with E-state index in [2.05, 4.69) is 5.32 Å². The second-order valence-electron chi connectivity index (χ2n) is 9.98. The van der Waals surface area contributed by atoms with Crippen LogP contribution in [0, 0.1) is 5.82 Å². The van der Waals surface area contributed by atoms with Crippen molar-refractivity contribution in [2.24, 2.45) is 0 Å². The van der Waals surface area contributed by atoms with Crippen molar-refractivity contribution in [1.29, 1.82) is 0 Å². The summed E-state index contributed by atoms with van der Waals surface area (Å²) in [5, 5.41) is 3.60. The smallest absolute Gasteiger partial charge is 0.243 e. The lowest BCUT2D eigenvalue weighted by molar-refractivity contribution is -0.141. The molecule has 0 aliphatic carbocycles. The number of anilines is 1. The summed E-state index contributed by atoms with van der Waals surface area (Å²) in [7, 11) is -3.83. The monoisotopic (exact) mass is 621 g/mol. The Morgan fingerprint density at radius 3 is 2.12 bits per heavy atom. The zero-order valence-electron chi connectivity index (χ0n) is 23.2. The molecule has 0 radical (unpaired) electrons. The Labute approximate surface area is 251 Å². The first-order chi connectivity index (χ1) is 19.4. The molecule has 7 nitrogen and oxygen atoms in total. The SMILES string of the molecule is CC(C)NC(=O)[C@@H](Cc1ccccc1)N(Cc1c(Cl)cccc1Cl)C(=O)CCCN(c1ccccc1F)S(C)(=O)=O. The number of benzene rings is 3. The van der Waals surface area contributed by atoms with Crippen LogP contribution in [0.15, 0.2) is 72.8 Å². The third kappa shape index (κ3) is 9.18. The van der Waals surface area contributed by atoms with E-state index < -0.39 is 27.8 Å². The van der Waals surface area contributed by atoms with Gasteiger partial charge >= 0.3 is 0 Å². The topological polar surface area (TPSA) is 86.8 Å². The molecule has 11 heteroatoms. The van der Waals surface area contributed by atoms with E-state index in [1.165, 1.54) is 23.1 Å². The highest BCUT2D eigenvalue weighted by molar-refractivity contribution is 7.92. The minimum atomic E-state index is -3.83. The van der Waals surface area contributed by atoms with Gasteiger partial charge in [-0.3, -0.25) is 13.9 Å². The summed E-state index contributed by atoms with van der Waals surface area (Å²) in [5.74, 6) is -1.43. The molecule has 3 rings (SSSR count). The number of halogens is 3. The van der Waals surface area contributed by atoms with Crippen molar-refractivity contribution >= 4 is 50.7 Å². The number of amides is 2. The third-order valence-electron chi connectivity index (χ3n) is 6.37. The number of para-hydroxylation sites is 1. The number of carbonyl (C=O) groups excluding carboxylic acids is 2. The lowest BCUT2D eigenvalue weighted by Gasteiger charge is -2.33. The van der Waals surface area contributed by atoms with Crippen molar-refractivity contribution in [3.63, 3.8) is 0 Å². The Bertz CT molecular complexity index is 1430. The number of rotatable bonds is 13. The van der Waals surface area contributed by atoms with Crippen LogP contribution in [0.1, 0.15) is 37.8 Å².